The Labute approximate surface area is 167 Å². The maximum atomic E-state index is 12.4. The molecule has 2 rings (SSSR count). The Morgan fingerprint density at radius 2 is 1.76 bits per heavy atom. The van der Waals surface area contributed by atoms with Crippen molar-refractivity contribution in [3.8, 4) is 11.5 Å². The van der Waals surface area contributed by atoms with E-state index in [1.165, 1.54) is 30.9 Å². The normalized spacial score (nSPS) is 11.7. The second-order valence-electron chi connectivity index (χ2n) is 6.20. The monoisotopic (exact) mass is 407 g/mol. The number of carbonyl (C=O) groups excluding carboxylic acids is 2. The predicted molar refractivity (Wildman–Crippen MR) is 102 cm³/mol. The van der Waals surface area contributed by atoms with E-state index in [2.05, 4.69) is 17.0 Å². The van der Waals surface area contributed by atoms with Gasteiger partial charge in [0.2, 0.25) is 0 Å². The van der Waals surface area contributed by atoms with Gasteiger partial charge in [-0.15, -0.1) is 0 Å². The van der Waals surface area contributed by atoms with Crippen molar-refractivity contribution in [2.75, 3.05) is 13.7 Å². The number of amides is 1. The number of esters is 1. The molecule has 0 aliphatic rings. The van der Waals surface area contributed by atoms with Crippen molar-refractivity contribution in [1.29, 1.82) is 0 Å². The lowest BCUT2D eigenvalue weighted by atomic mass is 10.1. The molecule has 1 atom stereocenters. The molecule has 1 N–H and O–H groups in total. The number of hydrogen-bond donors (Lipinski definition) is 1. The number of carbonyl (C=O) groups is 2. The largest absolute Gasteiger partial charge is 0.493 e. The Balaban J connectivity index is 1.91. The van der Waals surface area contributed by atoms with Gasteiger partial charge in [-0.05, 0) is 42.7 Å². The van der Waals surface area contributed by atoms with Crippen LogP contribution >= 0.6 is 0 Å². The lowest BCUT2D eigenvalue weighted by Gasteiger charge is -2.15. The van der Waals surface area contributed by atoms with Crippen molar-refractivity contribution >= 4 is 11.9 Å². The quantitative estimate of drug-likeness (QED) is 0.639. The first-order chi connectivity index (χ1) is 13.8. The van der Waals surface area contributed by atoms with Crippen molar-refractivity contribution < 1.29 is 32.6 Å². The highest BCUT2D eigenvalue weighted by atomic mass is 19.3. The molecule has 0 bridgehead atoms. The summed E-state index contributed by atoms with van der Waals surface area (Å²) in [5, 5.41) is 2.75. The van der Waals surface area contributed by atoms with Gasteiger partial charge in [0.05, 0.1) is 18.7 Å². The maximum absolute atomic E-state index is 12.4. The van der Waals surface area contributed by atoms with Gasteiger partial charge in [-0.2, -0.15) is 8.78 Å². The molecule has 0 saturated carbocycles. The van der Waals surface area contributed by atoms with Gasteiger partial charge in [0.1, 0.15) is 0 Å². The minimum atomic E-state index is -3.02. The number of ether oxygens (including phenoxy) is 3. The molecule has 6 nitrogen and oxygen atoms in total. The Bertz CT molecular complexity index is 839. The molecule has 0 fully saturated rings. The third kappa shape index (κ3) is 6.44. The average molecular weight is 407 g/mol. The van der Waals surface area contributed by atoms with Crippen molar-refractivity contribution in [3.05, 3.63) is 59.2 Å². The molecule has 29 heavy (non-hydrogen) atoms. The van der Waals surface area contributed by atoms with Crippen molar-refractivity contribution in [3.63, 3.8) is 0 Å². The Kier molecular flexibility index (Phi) is 7.94. The summed E-state index contributed by atoms with van der Waals surface area (Å²) in [6, 6.07) is 11.2. The molecule has 0 aromatic heterocycles. The molecule has 0 heterocycles. The first kappa shape index (κ1) is 22.1. The zero-order valence-corrected chi connectivity index (χ0v) is 16.4. The van der Waals surface area contributed by atoms with Gasteiger partial charge in [-0.1, -0.05) is 31.2 Å². The highest BCUT2D eigenvalue weighted by Crippen LogP contribution is 2.29. The summed E-state index contributed by atoms with van der Waals surface area (Å²) in [5.74, 6) is -1.51. The number of aryl methyl sites for hydroxylation is 1. The SMILES string of the molecule is CCc1ccc([C@@H](C)NC(=O)COC(=O)c2ccc(OC(F)F)c(OC)c2)cc1. The Morgan fingerprint density at radius 3 is 2.34 bits per heavy atom. The first-order valence-electron chi connectivity index (χ1n) is 9.02. The number of alkyl halides is 2. The summed E-state index contributed by atoms with van der Waals surface area (Å²) in [6.07, 6.45) is 0.928. The number of rotatable bonds is 9. The van der Waals surface area contributed by atoms with E-state index in [4.69, 9.17) is 9.47 Å². The van der Waals surface area contributed by atoms with E-state index in [-0.39, 0.29) is 23.1 Å². The highest BCUT2D eigenvalue weighted by Gasteiger charge is 2.17. The molecule has 8 heteroatoms. The molecule has 2 aromatic carbocycles. The van der Waals surface area contributed by atoms with E-state index in [1.54, 1.807) is 0 Å². The fourth-order valence-corrected chi connectivity index (χ4v) is 2.61. The van der Waals surface area contributed by atoms with Gasteiger partial charge in [0.15, 0.2) is 18.1 Å². The molecular weight excluding hydrogens is 384 g/mol. The van der Waals surface area contributed by atoms with Gasteiger partial charge >= 0.3 is 12.6 Å². The van der Waals surface area contributed by atoms with Crippen molar-refractivity contribution in [2.45, 2.75) is 32.9 Å². The lowest BCUT2D eigenvalue weighted by molar-refractivity contribution is -0.124. The zero-order chi connectivity index (χ0) is 21.4. The van der Waals surface area contributed by atoms with Crippen LogP contribution in [0, 0.1) is 0 Å². The summed E-state index contributed by atoms with van der Waals surface area (Å²) in [5.41, 5.74) is 2.17. The standard InChI is InChI=1S/C21H23F2NO5/c1-4-14-5-7-15(8-6-14)13(2)24-19(25)12-28-20(26)16-9-10-17(29-21(22)23)18(11-16)27-3/h5-11,13,21H,4,12H2,1-3H3,(H,24,25)/t13-/m1/s1. The minimum Gasteiger partial charge on any atom is -0.493 e. The van der Waals surface area contributed by atoms with E-state index in [9.17, 15) is 18.4 Å². The third-order valence-corrected chi connectivity index (χ3v) is 4.22. The second kappa shape index (κ2) is 10.4. The fraction of sp³-hybridized carbons (Fsp3) is 0.333. The first-order valence-corrected chi connectivity index (χ1v) is 9.02. The second-order valence-corrected chi connectivity index (χ2v) is 6.20. The van der Waals surface area contributed by atoms with E-state index in [1.807, 2.05) is 31.2 Å². The van der Waals surface area contributed by atoms with Crippen molar-refractivity contribution in [2.24, 2.45) is 0 Å². The molecule has 0 unspecified atom stereocenters. The number of benzene rings is 2. The molecular formula is C21H23F2NO5. The van der Waals surface area contributed by atoms with Gasteiger partial charge in [-0.25, -0.2) is 4.79 Å². The van der Waals surface area contributed by atoms with Crippen molar-refractivity contribution in [1.82, 2.24) is 5.32 Å². The van der Waals surface area contributed by atoms with Crippen LogP contribution in [0.4, 0.5) is 8.78 Å². The molecule has 0 aliphatic heterocycles. The number of hydrogen-bond acceptors (Lipinski definition) is 5. The van der Waals surface area contributed by atoms with Crippen LogP contribution in [-0.2, 0) is 16.0 Å². The van der Waals surface area contributed by atoms with Crippen LogP contribution in [0.2, 0.25) is 0 Å². The summed E-state index contributed by atoms with van der Waals surface area (Å²) >= 11 is 0. The number of halogens is 2. The van der Waals surface area contributed by atoms with Crippen LogP contribution in [0.5, 0.6) is 11.5 Å². The van der Waals surface area contributed by atoms with E-state index < -0.39 is 25.1 Å². The topological polar surface area (TPSA) is 73.9 Å². The van der Waals surface area contributed by atoms with Gasteiger partial charge in [0.25, 0.3) is 5.91 Å². The number of nitrogens with one attached hydrogen (secondary N) is 1. The maximum Gasteiger partial charge on any atom is 0.387 e. The van der Waals surface area contributed by atoms with Crippen LogP contribution in [0.3, 0.4) is 0 Å². The van der Waals surface area contributed by atoms with Crippen LogP contribution in [0.15, 0.2) is 42.5 Å². The fourth-order valence-electron chi connectivity index (χ4n) is 2.61. The smallest absolute Gasteiger partial charge is 0.387 e. The third-order valence-electron chi connectivity index (χ3n) is 4.22. The number of methoxy groups -OCH3 is 1. The summed E-state index contributed by atoms with van der Waals surface area (Å²) in [6.45, 7) is 0.385. The lowest BCUT2D eigenvalue weighted by Crippen LogP contribution is -2.31. The summed E-state index contributed by atoms with van der Waals surface area (Å²) in [4.78, 5) is 24.2. The molecule has 2 aromatic rings. The van der Waals surface area contributed by atoms with Gasteiger partial charge in [0, 0.05) is 0 Å². The van der Waals surface area contributed by atoms with Gasteiger partial charge in [-0.3, -0.25) is 4.79 Å². The molecule has 1 amide bonds. The Morgan fingerprint density at radius 1 is 1.07 bits per heavy atom. The predicted octanol–water partition coefficient (Wildman–Crippen LogP) is 3.89. The van der Waals surface area contributed by atoms with E-state index in [0.29, 0.717) is 0 Å². The molecule has 0 aliphatic carbocycles. The van der Waals surface area contributed by atoms with Crippen LogP contribution < -0.4 is 14.8 Å². The molecule has 0 radical (unpaired) electrons. The van der Waals surface area contributed by atoms with E-state index >= 15 is 0 Å². The molecule has 0 saturated heterocycles. The van der Waals surface area contributed by atoms with E-state index in [0.717, 1.165) is 12.0 Å². The zero-order valence-electron chi connectivity index (χ0n) is 16.4. The molecule has 156 valence electrons. The average Bonchev–Trinajstić information content (AvgIpc) is 2.71. The Hall–Kier alpha value is -3.16. The van der Waals surface area contributed by atoms with Crippen LogP contribution in [0.1, 0.15) is 41.4 Å². The summed E-state index contributed by atoms with van der Waals surface area (Å²) < 4.78 is 38.9. The van der Waals surface area contributed by atoms with Crippen LogP contribution in [-0.4, -0.2) is 32.2 Å². The highest BCUT2D eigenvalue weighted by molar-refractivity contribution is 5.92. The molecule has 0 spiro atoms. The van der Waals surface area contributed by atoms with Crippen LogP contribution in [0.25, 0.3) is 0 Å². The minimum absolute atomic E-state index is 0.0412. The van der Waals surface area contributed by atoms with Gasteiger partial charge < -0.3 is 19.5 Å². The summed E-state index contributed by atoms with van der Waals surface area (Å²) in [7, 11) is 1.25.